The van der Waals surface area contributed by atoms with Gasteiger partial charge in [0, 0.05) is 28.3 Å². The van der Waals surface area contributed by atoms with Gasteiger partial charge in [-0.05, 0) is 41.1 Å². The van der Waals surface area contributed by atoms with Gasteiger partial charge in [0.1, 0.15) is 5.69 Å². The number of pyridine rings is 1. The van der Waals surface area contributed by atoms with Gasteiger partial charge in [-0.1, -0.05) is 6.07 Å². The molecule has 0 aromatic carbocycles. The first-order valence-corrected chi connectivity index (χ1v) is 11.9. The van der Waals surface area contributed by atoms with E-state index in [0.717, 1.165) is 26.6 Å². The van der Waals surface area contributed by atoms with Gasteiger partial charge in [0.25, 0.3) is 0 Å². The molecule has 0 saturated heterocycles. The summed E-state index contributed by atoms with van der Waals surface area (Å²) in [6, 6.07) is 6.00. The van der Waals surface area contributed by atoms with Crippen LogP contribution in [0.5, 0.6) is 0 Å². The van der Waals surface area contributed by atoms with E-state index in [9.17, 15) is 17.4 Å². The highest BCUT2D eigenvalue weighted by atomic mass is 79.9. The highest BCUT2D eigenvalue weighted by molar-refractivity contribution is 9.11. The number of rotatable bonds is 4. The molecule has 3 heterocycles. The van der Waals surface area contributed by atoms with Crippen molar-refractivity contribution in [1.82, 2.24) is 9.97 Å². The second-order valence-electron chi connectivity index (χ2n) is 5.57. The summed E-state index contributed by atoms with van der Waals surface area (Å²) in [6.45, 7) is 1.60. The molecule has 0 aliphatic rings. The fraction of sp³-hybridized carbons (Fsp3) is 0.188. The second kappa shape index (κ2) is 7.53. The number of thiazole rings is 1. The molecule has 0 saturated carbocycles. The van der Waals surface area contributed by atoms with Gasteiger partial charge >= 0.3 is 6.18 Å². The molecular formula is C16H13BrF3N3OS3. The SMILES string of the molecule is CC(c1ccc(C(F)(F)F)nc1)=S(C)(=O)Nc1nc(-c2ccc(Br)s2)cs1. The molecule has 27 heavy (non-hydrogen) atoms. The highest BCUT2D eigenvalue weighted by Crippen LogP contribution is 2.33. The first-order valence-electron chi connectivity index (χ1n) is 7.41. The average molecular weight is 496 g/mol. The van der Waals surface area contributed by atoms with Crippen molar-refractivity contribution in [3.8, 4) is 10.6 Å². The zero-order valence-corrected chi connectivity index (χ0v) is 18.0. The smallest absolute Gasteiger partial charge is 0.288 e. The molecular weight excluding hydrogens is 483 g/mol. The summed E-state index contributed by atoms with van der Waals surface area (Å²) in [5.74, 6) is 0. The third kappa shape index (κ3) is 4.71. The van der Waals surface area contributed by atoms with Crippen molar-refractivity contribution >= 4 is 58.3 Å². The van der Waals surface area contributed by atoms with Crippen molar-refractivity contribution in [2.45, 2.75) is 13.1 Å². The lowest BCUT2D eigenvalue weighted by Gasteiger charge is -2.12. The van der Waals surface area contributed by atoms with Gasteiger partial charge < -0.3 is 0 Å². The number of nitrogens with zero attached hydrogens (tertiary/aromatic N) is 2. The van der Waals surface area contributed by atoms with E-state index in [0.29, 0.717) is 15.6 Å². The second-order valence-corrected chi connectivity index (χ2v) is 11.4. The molecule has 1 atom stereocenters. The van der Waals surface area contributed by atoms with Crippen LogP contribution in [0.25, 0.3) is 10.6 Å². The third-order valence-electron chi connectivity index (χ3n) is 3.66. The Morgan fingerprint density at radius 3 is 2.56 bits per heavy atom. The van der Waals surface area contributed by atoms with Gasteiger partial charge in [0.15, 0.2) is 5.13 Å². The quantitative estimate of drug-likeness (QED) is 0.382. The molecule has 0 aliphatic carbocycles. The molecule has 3 rings (SSSR count). The van der Waals surface area contributed by atoms with E-state index in [2.05, 4.69) is 30.6 Å². The maximum absolute atomic E-state index is 13.1. The number of hydrogen-bond donors (Lipinski definition) is 1. The van der Waals surface area contributed by atoms with Crippen LogP contribution in [-0.4, -0.2) is 25.3 Å². The predicted molar refractivity (Wildman–Crippen MR) is 110 cm³/mol. The van der Waals surface area contributed by atoms with Crippen LogP contribution in [-0.2, 0) is 15.9 Å². The maximum Gasteiger partial charge on any atom is 0.433 e. The number of hydrogen-bond acceptors (Lipinski definition) is 5. The van der Waals surface area contributed by atoms with Gasteiger partial charge in [-0.15, -0.1) is 22.7 Å². The van der Waals surface area contributed by atoms with Crippen LogP contribution >= 0.6 is 38.6 Å². The summed E-state index contributed by atoms with van der Waals surface area (Å²) in [5.41, 5.74) is 0.158. The number of nitrogens with one attached hydrogen (secondary N) is 1. The topological polar surface area (TPSA) is 54.9 Å². The van der Waals surface area contributed by atoms with Gasteiger partial charge in [0.2, 0.25) is 0 Å². The standard InChI is InChI=1S/C16H13BrF3N3OS3/c1-9(10-3-5-13(21-7-10)16(18,19)20)27(2,24)23-15-22-11(8-25-15)12-4-6-14(17)26-12/h3-8H,1-2H3,(H,22,23,24). The molecule has 3 aromatic rings. The molecule has 0 amide bonds. The van der Waals surface area contributed by atoms with E-state index >= 15 is 0 Å². The summed E-state index contributed by atoms with van der Waals surface area (Å²) in [7, 11) is -2.74. The Morgan fingerprint density at radius 2 is 2.00 bits per heavy atom. The van der Waals surface area contributed by atoms with Crippen LogP contribution < -0.4 is 4.72 Å². The van der Waals surface area contributed by atoms with E-state index < -0.39 is 21.6 Å². The molecule has 0 fully saturated rings. The molecule has 4 nitrogen and oxygen atoms in total. The number of anilines is 1. The fourth-order valence-corrected chi connectivity index (χ4v) is 5.87. The first-order chi connectivity index (χ1) is 12.6. The minimum Gasteiger partial charge on any atom is -0.288 e. The van der Waals surface area contributed by atoms with E-state index in [4.69, 9.17) is 0 Å². The number of aromatic nitrogens is 2. The molecule has 0 aliphatic heterocycles. The van der Waals surface area contributed by atoms with Crippen LogP contribution in [0.3, 0.4) is 0 Å². The van der Waals surface area contributed by atoms with Gasteiger partial charge in [-0.2, -0.15) is 13.2 Å². The Kier molecular flexibility index (Phi) is 5.67. The molecule has 1 N–H and O–H groups in total. The minimum atomic E-state index is -4.51. The van der Waals surface area contributed by atoms with Crippen molar-refractivity contribution < 1.29 is 17.4 Å². The lowest BCUT2D eigenvalue weighted by molar-refractivity contribution is -0.141. The van der Waals surface area contributed by atoms with Crippen molar-refractivity contribution in [3.05, 3.63) is 50.9 Å². The minimum absolute atomic E-state index is 0.377. The Morgan fingerprint density at radius 1 is 1.26 bits per heavy atom. The van der Waals surface area contributed by atoms with Crippen LogP contribution in [0, 0.1) is 0 Å². The number of halogens is 4. The molecule has 144 valence electrons. The normalized spacial score (nSPS) is 14.0. The number of alkyl halides is 3. The highest BCUT2D eigenvalue weighted by Gasteiger charge is 2.32. The first kappa shape index (κ1) is 20.3. The zero-order valence-electron chi connectivity index (χ0n) is 14.0. The summed E-state index contributed by atoms with van der Waals surface area (Å²) in [4.78, 5) is 9.24. The summed E-state index contributed by atoms with van der Waals surface area (Å²) < 4.78 is 54.9. The monoisotopic (exact) mass is 495 g/mol. The van der Waals surface area contributed by atoms with E-state index in [1.54, 1.807) is 6.92 Å². The molecule has 1 unspecified atom stereocenters. The largest absolute Gasteiger partial charge is 0.433 e. The maximum atomic E-state index is 13.1. The Balaban J connectivity index is 1.87. The fourth-order valence-electron chi connectivity index (χ4n) is 2.12. The average Bonchev–Trinajstić information content (AvgIpc) is 3.22. The van der Waals surface area contributed by atoms with E-state index in [1.807, 2.05) is 17.5 Å². The Hall–Kier alpha value is -1.43. The van der Waals surface area contributed by atoms with Crippen molar-refractivity contribution in [3.63, 3.8) is 0 Å². The molecule has 0 radical (unpaired) electrons. The van der Waals surface area contributed by atoms with Gasteiger partial charge in [0.05, 0.1) is 24.1 Å². The van der Waals surface area contributed by atoms with Crippen LogP contribution in [0.2, 0.25) is 0 Å². The molecule has 0 bridgehead atoms. The van der Waals surface area contributed by atoms with Crippen LogP contribution in [0.15, 0.2) is 39.6 Å². The van der Waals surface area contributed by atoms with Gasteiger partial charge in [-0.25, -0.2) is 9.19 Å². The van der Waals surface area contributed by atoms with Crippen LogP contribution in [0.1, 0.15) is 18.2 Å². The Labute approximate surface area is 170 Å². The van der Waals surface area contributed by atoms with E-state index in [-0.39, 0.29) is 0 Å². The van der Waals surface area contributed by atoms with Crippen molar-refractivity contribution in [2.75, 3.05) is 11.0 Å². The molecule has 3 aromatic heterocycles. The Bertz CT molecular complexity index is 1080. The lowest BCUT2D eigenvalue weighted by atomic mass is 10.2. The van der Waals surface area contributed by atoms with Gasteiger partial charge in [-0.3, -0.25) is 9.71 Å². The van der Waals surface area contributed by atoms with Crippen molar-refractivity contribution in [2.24, 2.45) is 0 Å². The summed E-state index contributed by atoms with van der Waals surface area (Å²) in [5, 5.41) is 2.33. The zero-order chi connectivity index (χ0) is 19.8. The molecule has 11 heteroatoms. The third-order valence-corrected chi connectivity index (χ3v) is 8.18. The predicted octanol–water partition coefficient (Wildman–Crippen LogP) is 5.53. The summed E-state index contributed by atoms with van der Waals surface area (Å²) >= 11 is 6.25. The lowest BCUT2D eigenvalue weighted by Crippen LogP contribution is -2.20. The van der Waals surface area contributed by atoms with Crippen LogP contribution in [0.4, 0.5) is 18.3 Å². The van der Waals surface area contributed by atoms with Crippen molar-refractivity contribution in [1.29, 1.82) is 0 Å². The number of thiophene rings is 1. The summed E-state index contributed by atoms with van der Waals surface area (Å²) in [6.07, 6.45) is -1.94. The van der Waals surface area contributed by atoms with E-state index in [1.165, 1.54) is 35.0 Å². The molecule has 0 spiro atoms.